The normalized spacial score (nSPS) is 11.6. The van der Waals surface area contributed by atoms with Crippen LogP contribution >= 0.6 is 0 Å². The fraction of sp³-hybridized carbons (Fsp3) is 0.370. The second-order valence-electron chi connectivity index (χ2n) is 9.26. The van der Waals surface area contributed by atoms with Crippen molar-refractivity contribution < 1.29 is 27.4 Å². The van der Waals surface area contributed by atoms with Gasteiger partial charge >= 0.3 is 0 Å². The number of aromatic nitrogens is 4. The minimum Gasteiger partial charge on any atom is -0.497 e. The predicted octanol–water partition coefficient (Wildman–Crippen LogP) is 3.36. The summed E-state index contributed by atoms with van der Waals surface area (Å²) in [5.41, 5.74) is 1.51. The third-order valence-electron chi connectivity index (χ3n) is 5.95. The summed E-state index contributed by atoms with van der Waals surface area (Å²) in [5.74, 6) is 1.44. The SMILES string of the molecule is COCCCOc1c(Nc2nc3ccccc3nc2NS(=O)(=O)c2ccn(CCN(C)C)n2)cc(OC)cc1OC. The van der Waals surface area contributed by atoms with Crippen LogP contribution in [0, 0.1) is 0 Å². The maximum atomic E-state index is 13.4. The topological polar surface area (TPSA) is 142 Å². The molecule has 2 heterocycles. The summed E-state index contributed by atoms with van der Waals surface area (Å²) in [4.78, 5) is 11.2. The van der Waals surface area contributed by atoms with Crippen molar-refractivity contribution in [3.05, 3.63) is 48.7 Å². The van der Waals surface area contributed by atoms with Crippen LogP contribution in [0.25, 0.3) is 11.0 Å². The first-order chi connectivity index (χ1) is 19.7. The molecule has 220 valence electrons. The zero-order valence-corrected chi connectivity index (χ0v) is 24.6. The first-order valence-corrected chi connectivity index (χ1v) is 14.3. The van der Waals surface area contributed by atoms with Crippen molar-refractivity contribution >= 4 is 38.4 Å². The van der Waals surface area contributed by atoms with Crippen LogP contribution in [-0.2, 0) is 21.3 Å². The molecule has 0 atom stereocenters. The second-order valence-corrected chi connectivity index (χ2v) is 10.9. The molecule has 0 radical (unpaired) electrons. The van der Waals surface area contributed by atoms with E-state index in [1.807, 2.05) is 25.1 Å². The molecule has 2 N–H and O–H groups in total. The summed E-state index contributed by atoms with van der Waals surface area (Å²) in [6.07, 6.45) is 2.27. The van der Waals surface area contributed by atoms with Gasteiger partial charge in [0.2, 0.25) is 0 Å². The molecule has 0 saturated carbocycles. The quantitative estimate of drug-likeness (QED) is 0.198. The lowest BCUT2D eigenvalue weighted by atomic mass is 10.2. The van der Waals surface area contributed by atoms with E-state index in [2.05, 4.69) is 25.1 Å². The van der Waals surface area contributed by atoms with Gasteiger partial charge < -0.3 is 29.2 Å². The summed E-state index contributed by atoms with van der Waals surface area (Å²) in [6.45, 7) is 2.12. The lowest BCUT2D eigenvalue weighted by Gasteiger charge is -2.19. The Balaban J connectivity index is 1.73. The van der Waals surface area contributed by atoms with Crippen LogP contribution in [-0.4, -0.2) is 88.2 Å². The molecule has 0 aliphatic rings. The molecule has 0 aliphatic carbocycles. The van der Waals surface area contributed by atoms with Gasteiger partial charge in [0, 0.05) is 45.0 Å². The summed E-state index contributed by atoms with van der Waals surface area (Å²) < 4.78 is 53.1. The molecule has 0 unspecified atom stereocenters. The number of likely N-dealkylation sites (N-methyl/N-ethyl adjacent to an activating group) is 1. The molecule has 13 nitrogen and oxygen atoms in total. The molecular formula is C27H35N7O6S. The maximum absolute atomic E-state index is 13.4. The molecule has 0 bridgehead atoms. The number of nitrogens with one attached hydrogen (secondary N) is 2. The van der Waals surface area contributed by atoms with Gasteiger partial charge in [-0.05, 0) is 32.3 Å². The minimum atomic E-state index is -4.10. The molecular weight excluding hydrogens is 550 g/mol. The minimum absolute atomic E-state index is 0.0151. The number of rotatable bonds is 15. The summed E-state index contributed by atoms with van der Waals surface area (Å²) in [6, 6.07) is 12.0. The Morgan fingerprint density at radius 3 is 2.34 bits per heavy atom. The monoisotopic (exact) mass is 585 g/mol. The molecule has 0 spiro atoms. The third kappa shape index (κ3) is 7.54. The van der Waals surface area contributed by atoms with Gasteiger partial charge in [0.25, 0.3) is 10.0 Å². The molecule has 0 fully saturated rings. The van der Waals surface area contributed by atoms with Crippen molar-refractivity contribution in [3.63, 3.8) is 0 Å². The summed E-state index contributed by atoms with van der Waals surface area (Å²) in [7, 11) is 4.44. The van der Waals surface area contributed by atoms with E-state index in [1.165, 1.54) is 20.3 Å². The van der Waals surface area contributed by atoms with Gasteiger partial charge in [-0.15, -0.1) is 0 Å². The molecule has 4 aromatic rings. The number of methoxy groups -OCH3 is 3. The summed E-state index contributed by atoms with van der Waals surface area (Å²) >= 11 is 0. The Kier molecular flexibility index (Phi) is 9.81. The molecule has 2 aromatic carbocycles. The van der Waals surface area contributed by atoms with Crippen LogP contribution in [0.4, 0.5) is 17.3 Å². The van der Waals surface area contributed by atoms with Gasteiger partial charge in [-0.1, -0.05) is 12.1 Å². The Hall–Kier alpha value is -4.14. The van der Waals surface area contributed by atoms with Crippen molar-refractivity contribution in [2.45, 2.75) is 18.0 Å². The molecule has 0 saturated heterocycles. The lowest BCUT2D eigenvalue weighted by Crippen LogP contribution is -2.20. The molecule has 0 amide bonds. The van der Waals surface area contributed by atoms with E-state index in [9.17, 15) is 8.42 Å². The number of hydrogen-bond acceptors (Lipinski definition) is 11. The van der Waals surface area contributed by atoms with Crippen molar-refractivity contribution in [3.8, 4) is 17.2 Å². The van der Waals surface area contributed by atoms with Crippen LogP contribution in [0.1, 0.15) is 6.42 Å². The number of anilines is 3. The highest BCUT2D eigenvalue weighted by Gasteiger charge is 2.23. The van der Waals surface area contributed by atoms with Gasteiger partial charge in [-0.2, -0.15) is 13.5 Å². The van der Waals surface area contributed by atoms with Gasteiger partial charge in [0.1, 0.15) is 5.75 Å². The average Bonchev–Trinajstić information content (AvgIpc) is 3.45. The number of ether oxygens (including phenoxy) is 4. The molecule has 41 heavy (non-hydrogen) atoms. The Morgan fingerprint density at radius 1 is 0.951 bits per heavy atom. The van der Waals surface area contributed by atoms with Crippen LogP contribution < -0.4 is 24.2 Å². The number of para-hydroxylation sites is 2. The number of hydrogen-bond donors (Lipinski definition) is 2. The standard InChI is InChI=1S/C27H35N7O6S/c1-33(2)13-14-34-12-11-24(31-34)41(35,36)32-27-26(28-20-9-6-7-10-21(20)29-27)30-22-17-19(38-4)18-23(39-5)25(22)40-16-8-15-37-3/h6-7,9-12,17-18H,8,13-16H2,1-5H3,(H,28,30)(H,29,32). The van der Waals surface area contributed by atoms with Gasteiger partial charge in [-0.25, -0.2) is 9.97 Å². The number of nitrogens with zero attached hydrogens (tertiary/aromatic N) is 5. The van der Waals surface area contributed by atoms with Gasteiger partial charge in [0.15, 0.2) is 28.2 Å². The number of sulfonamides is 1. The lowest BCUT2D eigenvalue weighted by molar-refractivity contribution is 0.171. The van der Waals surface area contributed by atoms with E-state index in [1.54, 1.807) is 48.3 Å². The number of fused-ring (bicyclic) bond motifs is 1. The van der Waals surface area contributed by atoms with Crippen molar-refractivity contribution in [1.82, 2.24) is 24.6 Å². The van der Waals surface area contributed by atoms with E-state index in [0.717, 1.165) is 0 Å². The molecule has 0 aliphatic heterocycles. The predicted molar refractivity (Wildman–Crippen MR) is 156 cm³/mol. The smallest absolute Gasteiger partial charge is 0.282 e. The Bertz CT molecular complexity index is 1580. The van der Waals surface area contributed by atoms with Crippen LogP contribution in [0.2, 0.25) is 0 Å². The van der Waals surface area contributed by atoms with E-state index in [-0.39, 0.29) is 16.7 Å². The van der Waals surface area contributed by atoms with Crippen LogP contribution in [0.15, 0.2) is 53.7 Å². The van der Waals surface area contributed by atoms with Gasteiger partial charge in [-0.3, -0.25) is 9.40 Å². The van der Waals surface area contributed by atoms with E-state index < -0.39 is 10.0 Å². The first-order valence-electron chi connectivity index (χ1n) is 12.9. The zero-order chi connectivity index (χ0) is 29.4. The highest BCUT2D eigenvalue weighted by atomic mass is 32.2. The zero-order valence-electron chi connectivity index (χ0n) is 23.7. The fourth-order valence-electron chi connectivity index (χ4n) is 3.84. The van der Waals surface area contributed by atoms with Crippen LogP contribution in [0.3, 0.4) is 0 Å². The van der Waals surface area contributed by atoms with Gasteiger partial charge in [0.05, 0.1) is 44.1 Å². The third-order valence-corrected chi connectivity index (χ3v) is 7.18. The average molecular weight is 586 g/mol. The van der Waals surface area contributed by atoms with E-state index in [4.69, 9.17) is 18.9 Å². The van der Waals surface area contributed by atoms with E-state index >= 15 is 0 Å². The van der Waals surface area contributed by atoms with Crippen molar-refractivity contribution in [2.24, 2.45) is 0 Å². The maximum Gasteiger partial charge on any atom is 0.282 e. The van der Waals surface area contributed by atoms with E-state index in [0.29, 0.717) is 66.7 Å². The molecule has 4 rings (SSSR count). The highest BCUT2D eigenvalue weighted by molar-refractivity contribution is 7.92. The number of benzene rings is 2. The summed E-state index contributed by atoms with van der Waals surface area (Å²) in [5, 5.41) is 7.29. The molecule has 2 aromatic heterocycles. The Labute approximate surface area is 239 Å². The fourth-order valence-corrected chi connectivity index (χ4v) is 4.80. The van der Waals surface area contributed by atoms with Crippen molar-refractivity contribution in [2.75, 3.05) is 65.2 Å². The highest BCUT2D eigenvalue weighted by Crippen LogP contribution is 2.42. The van der Waals surface area contributed by atoms with Crippen molar-refractivity contribution in [1.29, 1.82) is 0 Å². The second kappa shape index (κ2) is 13.5. The largest absolute Gasteiger partial charge is 0.497 e. The van der Waals surface area contributed by atoms with Crippen LogP contribution in [0.5, 0.6) is 17.2 Å². The first kappa shape index (κ1) is 29.8. The molecule has 14 heteroatoms. The Morgan fingerprint density at radius 2 is 1.68 bits per heavy atom.